The van der Waals surface area contributed by atoms with Crippen molar-refractivity contribution in [2.75, 3.05) is 13.2 Å². The van der Waals surface area contributed by atoms with Gasteiger partial charge in [-0.15, -0.1) is 0 Å². The monoisotopic (exact) mass is 887 g/mol. The van der Waals surface area contributed by atoms with Crippen molar-refractivity contribution in [3.8, 4) is 0 Å². The van der Waals surface area contributed by atoms with E-state index in [-0.39, 0.29) is 25.2 Å². The van der Waals surface area contributed by atoms with Crippen LogP contribution in [0.4, 0.5) is 0 Å². The normalized spacial score (nSPS) is 13.1. The van der Waals surface area contributed by atoms with E-state index in [0.717, 1.165) is 103 Å². The molecule has 0 aliphatic heterocycles. The lowest BCUT2D eigenvalue weighted by Gasteiger charge is -2.15. The smallest absolute Gasteiger partial charge is 0.306 e. The van der Waals surface area contributed by atoms with E-state index in [1.807, 2.05) is 0 Å². The van der Waals surface area contributed by atoms with Crippen molar-refractivity contribution in [3.05, 3.63) is 109 Å². The third kappa shape index (κ3) is 51.2. The van der Waals surface area contributed by atoms with Gasteiger partial charge in [-0.2, -0.15) is 0 Å². The molecule has 0 aromatic rings. The fraction of sp³-hybridized carbons (Fsp3) is 0.661. The third-order valence-corrected chi connectivity index (χ3v) is 11.1. The van der Waals surface area contributed by atoms with Crippen molar-refractivity contribution in [1.82, 2.24) is 0 Å². The molecule has 0 spiro atoms. The van der Waals surface area contributed by atoms with Gasteiger partial charge in [0.05, 0.1) is 6.61 Å². The van der Waals surface area contributed by atoms with Crippen molar-refractivity contribution >= 4 is 11.9 Å². The first-order chi connectivity index (χ1) is 31.6. The predicted octanol–water partition coefficient (Wildman–Crippen LogP) is 17.7. The summed E-state index contributed by atoms with van der Waals surface area (Å²) in [6.45, 7) is 3.90. The van der Waals surface area contributed by atoms with Gasteiger partial charge in [0, 0.05) is 12.8 Å². The van der Waals surface area contributed by atoms with Crippen LogP contribution < -0.4 is 0 Å². The summed E-state index contributed by atoms with van der Waals surface area (Å²) >= 11 is 0. The van der Waals surface area contributed by atoms with Crippen LogP contribution in [0.2, 0.25) is 0 Å². The minimum absolute atomic E-state index is 0.0780. The Kier molecular flexibility index (Phi) is 51.0. The second-order valence-electron chi connectivity index (χ2n) is 17.2. The van der Waals surface area contributed by atoms with Crippen LogP contribution in [0.3, 0.4) is 0 Å². The van der Waals surface area contributed by atoms with Gasteiger partial charge in [0.2, 0.25) is 0 Å². The molecule has 0 heterocycles. The van der Waals surface area contributed by atoms with Crippen LogP contribution in [0.25, 0.3) is 0 Å². The highest BCUT2D eigenvalue weighted by atomic mass is 16.6. The zero-order valence-corrected chi connectivity index (χ0v) is 41.5. The Morgan fingerprint density at radius 2 is 0.625 bits per heavy atom. The molecular weight excluding hydrogens is 789 g/mol. The second kappa shape index (κ2) is 53.9. The van der Waals surface area contributed by atoms with E-state index >= 15 is 0 Å². The maximum Gasteiger partial charge on any atom is 0.306 e. The van der Waals surface area contributed by atoms with E-state index in [4.69, 9.17) is 9.47 Å². The van der Waals surface area contributed by atoms with E-state index in [1.54, 1.807) is 0 Å². The van der Waals surface area contributed by atoms with Gasteiger partial charge in [0.25, 0.3) is 0 Å². The van der Waals surface area contributed by atoms with Gasteiger partial charge in [0.1, 0.15) is 6.61 Å². The Bertz CT molecular complexity index is 1280. The Morgan fingerprint density at radius 1 is 0.359 bits per heavy atom. The van der Waals surface area contributed by atoms with Crippen LogP contribution in [-0.2, 0) is 19.1 Å². The van der Waals surface area contributed by atoms with Gasteiger partial charge in [-0.25, -0.2) is 0 Å². The number of aliphatic hydroxyl groups excluding tert-OH is 1. The van der Waals surface area contributed by atoms with E-state index in [0.29, 0.717) is 12.8 Å². The summed E-state index contributed by atoms with van der Waals surface area (Å²) in [5.41, 5.74) is 0. The first kappa shape index (κ1) is 60.6. The minimum Gasteiger partial charge on any atom is -0.462 e. The second-order valence-corrected chi connectivity index (χ2v) is 17.2. The molecule has 1 N–H and O–H groups in total. The summed E-state index contributed by atoms with van der Waals surface area (Å²) in [4.78, 5) is 24.5. The quantitative estimate of drug-likeness (QED) is 0.0374. The molecule has 5 nitrogen and oxygen atoms in total. The van der Waals surface area contributed by atoms with Gasteiger partial charge in [-0.1, -0.05) is 232 Å². The van der Waals surface area contributed by atoms with Gasteiger partial charge in [-0.3, -0.25) is 9.59 Å². The minimum atomic E-state index is -0.785. The molecule has 0 rings (SSSR count). The highest BCUT2D eigenvalue weighted by Crippen LogP contribution is 2.15. The lowest BCUT2D eigenvalue weighted by atomic mass is 10.0. The molecule has 0 aromatic heterocycles. The van der Waals surface area contributed by atoms with Gasteiger partial charge in [-0.05, 0) is 96.3 Å². The molecular formula is C59H98O5. The number of aliphatic hydroxyl groups is 1. The van der Waals surface area contributed by atoms with Gasteiger partial charge >= 0.3 is 11.9 Å². The molecule has 0 fully saturated rings. The molecule has 0 radical (unpaired) electrons. The first-order valence-corrected chi connectivity index (χ1v) is 26.4. The molecule has 0 bridgehead atoms. The molecule has 0 saturated heterocycles. The van der Waals surface area contributed by atoms with Crippen molar-refractivity contribution in [2.24, 2.45) is 0 Å². The SMILES string of the molecule is CC/C=C\C/C=C\C/C=C\C/C=C\C/C=C\CCCCCCCCCCCCCCCCCC(=O)OC(CO)COC(=O)CCCCCCCC/C=C\C/C=C\C/C=C\C/C=C\CC. The Labute approximate surface area is 395 Å². The number of esters is 2. The van der Waals surface area contributed by atoms with Crippen molar-refractivity contribution in [3.63, 3.8) is 0 Å². The number of allylic oxidation sites excluding steroid dienone is 18. The fourth-order valence-corrected chi connectivity index (χ4v) is 7.16. The molecule has 0 aliphatic carbocycles. The topological polar surface area (TPSA) is 72.8 Å². The summed E-state index contributed by atoms with van der Waals surface area (Å²) in [5, 5.41) is 9.63. The molecule has 1 unspecified atom stereocenters. The van der Waals surface area contributed by atoms with Crippen LogP contribution in [-0.4, -0.2) is 36.4 Å². The zero-order valence-electron chi connectivity index (χ0n) is 41.5. The largest absolute Gasteiger partial charge is 0.462 e. The number of ether oxygens (including phenoxy) is 2. The molecule has 0 amide bonds. The number of hydrogen-bond donors (Lipinski definition) is 1. The summed E-state index contributed by atoms with van der Waals surface area (Å²) in [7, 11) is 0. The number of rotatable bonds is 47. The van der Waals surface area contributed by atoms with E-state index in [2.05, 4.69) is 123 Å². The lowest BCUT2D eigenvalue weighted by Crippen LogP contribution is -2.28. The summed E-state index contributed by atoms with van der Waals surface area (Å²) < 4.78 is 10.7. The Balaban J connectivity index is 3.53. The predicted molar refractivity (Wildman–Crippen MR) is 279 cm³/mol. The molecule has 364 valence electrons. The number of hydrogen-bond acceptors (Lipinski definition) is 5. The molecule has 64 heavy (non-hydrogen) atoms. The maximum absolute atomic E-state index is 12.3. The Morgan fingerprint density at radius 3 is 0.938 bits per heavy atom. The third-order valence-electron chi connectivity index (χ3n) is 11.1. The van der Waals surface area contributed by atoms with Crippen LogP contribution >= 0.6 is 0 Å². The zero-order chi connectivity index (χ0) is 46.3. The highest BCUT2D eigenvalue weighted by molar-refractivity contribution is 5.70. The van der Waals surface area contributed by atoms with Crippen molar-refractivity contribution in [2.45, 2.75) is 238 Å². The number of carbonyl (C=O) groups is 2. The molecule has 5 heteroatoms. The standard InChI is InChI=1S/C59H98O5/c1-3-5-7-9-11-13-15-17-19-21-23-24-25-26-27-28-29-30-31-32-33-34-36-38-40-42-44-46-48-50-52-54-59(62)64-57(55-60)56-63-58(61)53-51-49-47-45-43-41-39-37-35-22-20-18-16-14-12-10-8-6-4-2/h5-8,11-14,17-20,23-24,26-27,35,37,57,60H,3-4,9-10,15-16,21-22,25,28-34,36,38-56H2,1-2H3/b7-5-,8-6-,13-11-,14-12-,19-17-,20-18-,24-23-,27-26-,37-35-. The van der Waals surface area contributed by atoms with Crippen LogP contribution in [0, 0.1) is 0 Å². The average Bonchev–Trinajstić information content (AvgIpc) is 3.30. The van der Waals surface area contributed by atoms with Crippen LogP contribution in [0.5, 0.6) is 0 Å². The highest BCUT2D eigenvalue weighted by Gasteiger charge is 2.16. The molecule has 0 aromatic carbocycles. The van der Waals surface area contributed by atoms with Crippen LogP contribution in [0.15, 0.2) is 109 Å². The lowest BCUT2D eigenvalue weighted by molar-refractivity contribution is -0.161. The molecule has 0 aliphatic rings. The maximum atomic E-state index is 12.3. The average molecular weight is 887 g/mol. The van der Waals surface area contributed by atoms with Crippen molar-refractivity contribution < 1.29 is 24.2 Å². The fourth-order valence-electron chi connectivity index (χ4n) is 7.16. The van der Waals surface area contributed by atoms with Crippen LogP contribution in [0.1, 0.15) is 232 Å². The van der Waals surface area contributed by atoms with E-state index < -0.39 is 6.10 Å². The Hall–Kier alpha value is -3.44. The van der Waals surface area contributed by atoms with E-state index in [1.165, 1.54) is 103 Å². The summed E-state index contributed by atoms with van der Waals surface area (Å²) in [6, 6.07) is 0. The first-order valence-electron chi connectivity index (χ1n) is 26.4. The summed E-state index contributed by atoms with van der Waals surface area (Å²) in [6.07, 6.45) is 77.6. The summed E-state index contributed by atoms with van der Waals surface area (Å²) in [5.74, 6) is -0.609. The number of carbonyl (C=O) groups excluding carboxylic acids is 2. The molecule has 1 atom stereocenters. The van der Waals surface area contributed by atoms with E-state index in [9.17, 15) is 14.7 Å². The number of unbranched alkanes of at least 4 members (excludes halogenated alkanes) is 21. The van der Waals surface area contributed by atoms with Crippen molar-refractivity contribution in [1.29, 1.82) is 0 Å². The van der Waals surface area contributed by atoms with Gasteiger partial charge < -0.3 is 14.6 Å². The van der Waals surface area contributed by atoms with Gasteiger partial charge in [0.15, 0.2) is 6.10 Å². The molecule has 0 saturated carbocycles.